The van der Waals surface area contributed by atoms with E-state index in [4.69, 9.17) is 29.9 Å². The molecule has 52 heavy (non-hydrogen) atoms. The highest BCUT2D eigenvalue weighted by Gasteiger charge is 2.37. The van der Waals surface area contributed by atoms with Crippen LogP contribution < -0.4 is 19.8 Å². The Morgan fingerprint density at radius 2 is 1.04 bits per heavy atom. The lowest BCUT2D eigenvalue weighted by Crippen LogP contribution is -2.49. The van der Waals surface area contributed by atoms with Gasteiger partial charge in [0, 0.05) is 74.9 Å². The molecule has 0 aliphatic carbocycles. The van der Waals surface area contributed by atoms with E-state index in [0.717, 1.165) is 94.0 Å². The number of fused-ring (bicyclic) bond motifs is 2. The molecule has 11 nitrogen and oxygen atoms in total. The summed E-state index contributed by atoms with van der Waals surface area (Å²) in [6.45, 7) is 11.5. The van der Waals surface area contributed by atoms with Crippen molar-refractivity contribution in [1.29, 1.82) is 0 Å². The van der Waals surface area contributed by atoms with Crippen LogP contribution in [0.5, 0.6) is 0 Å². The molecule has 262 valence electrons. The molecule has 8 rings (SSSR count). The number of nitrogens with zero attached hydrogens (tertiary/aromatic N) is 11. The fourth-order valence-corrected chi connectivity index (χ4v) is 7.33. The molecule has 2 atom stereocenters. The molecule has 0 amide bonds. The molecule has 0 radical (unpaired) electrons. The van der Waals surface area contributed by atoms with Crippen LogP contribution in [-0.2, 0) is 25.9 Å². The summed E-state index contributed by atoms with van der Waals surface area (Å²) in [5.41, 5.74) is 8.80. The molecule has 0 bridgehead atoms. The predicted molar refractivity (Wildman–Crippen MR) is 204 cm³/mol. The second kappa shape index (κ2) is 14.3. The van der Waals surface area contributed by atoms with Crippen molar-refractivity contribution in [2.75, 3.05) is 32.9 Å². The van der Waals surface area contributed by atoms with Gasteiger partial charge in [-0.05, 0) is 74.2 Å². The summed E-state index contributed by atoms with van der Waals surface area (Å²) in [5.74, 6) is 3.59. The Morgan fingerprint density at radius 1 is 0.558 bits per heavy atom. The Balaban J connectivity index is 1.31. The summed E-state index contributed by atoms with van der Waals surface area (Å²) in [7, 11) is 0. The summed E-state index contributed by atoms with van der Waals surface area (Å²) in [6.07, 6.45) is 12.6. The first-order valence-corrected chi connectivity index (χ1v) is 18.0. The Hall–Kier alpha value is -5.97. The molecular formula is C41H43N11. The van der Waals surface area contributed by atoms with Gasteiger partial charge >= 0.3 is 0 Å². The molecular weight excluding hydrogens is 647 g/mol. The van der Waals surface area contributed by atoms with E-state index in [1.54, 1.807) is 12.7 Å². The minimum absolute atomic E-state index is 0.138. The minimum atomic E-state index is -0.162. The quantitative estimate of drug-likeness (QED) is 0.148. The molecule has 11 heteroatoms. The van der Waals surface area contributed by atoms with Crippen LogP contribution in [-0.4, -0.2) is 48.0 Å². The molecule has 6 aromatic rings. The maximum Gasteiger partial charge on any atom is 0.156 e. The van der Waals surface area contributed by atoms with E-state index in [-0.39, 0.29) is 12.1 Å². The Morgan fingerprint density at radius 3 is 1.50 bits per heavy atom. The lowest BCUT2D eigenvalue weighted by atomic mass is 10.0. The molecule has 5 aromatic heterocycles. The first kappa shape index (κ1) is 33.2. The second-order valence-corrected chi connectivity index (χ2v) is 13.7. The van der Waals surface area contributed by atoms with Gasteiger partial charge in [-0.3, -0.25) is 15.0 Å². The average molecular weight is 690 g/mol. The molecule has 2 aliphatic heterocycles. The van der Waals surface area contributed by atoms with E-state index >= 15 is 0 Å². The smallest absolute Gasteiger partial charge is 0.156 e. The van der Waals surface area contributed by atoms with Crippen molar-refractivity contribution < 1.29 is 0 Å². The van der Waals surface area contributed by atoms with Crippen LogP contribution in [0.3, 0.4) is 0 Å². The summed E-state index contributed by atoms with van der Waals surface area (Å²) in [5, 5.41) is 4.68. The number of anilines is 4. The van der Waals surface area contributed by atoms with E-state index in [1.165, 1.54) is 0 Å². The molecule has 0 saturated heterocycles. The van der Waals surface area contributed by atoms with Crippen LogP contribution in [0.15, 0.2) is 104 Å². The van der Waals surface area contributed by atoms with E-state index in [0.29, 0.717) is 13.1 Å². The van der Waals surface area contributed by atoms with Crippen molar-refractivity contribution in [3.8, 4) is 0 Å². The molecule has 2 unspecified atom stereocenters. The minimum Gasteiger partial charge on any atom is -0.352 e. The van der Waals surface area contributed by atoms with Crippen LogP contribution in [0.2, 0.25) is 0 Å². The summed E-state index contributed by atoms with van der Waals surface area (Å²) in [4.78, 5) is 38.6. The van der Waals surface area contributed by atoms with Gasteiger partial charge in [0.2, 0.25) is 0 Å². The summed E-state index contributed by atoms with van der Waals surface area (Å²) >= 11 is 0. The number of aryl methyl sites for hydroxylation is 2. The van der Waals surface area contributed by atoms with Gasteiger partial charge in [0.1, 0.15) is 24.3 Å². The fraction of sp³-hybridized carbons (Fsp3) is 0.293. The first-order valence-electron chi connectivity index (χ1n) is 18.0. The third kappa shape index (κ3) is 6.50. The highest BCUT2D eigenvalue weighted by atomic mass is 15.7. The second-order valence-electron chi connectivity index (χ2n) is 13.7. The lowest BCUT2D eigenvalue weighted by Gasteiger charge is -2.46. The van der Waals surface area contributed by atoms with E-state index < -0.39 is 0 Å². The standard InChI is InChI=1S/C41H43N11/c1-28-10-12-38(43-22-28)49-20-16-36-34(24-49)40(47-26-45-36)51(30(3)32-8-6-5-7-9-32)52(31(4)33-14-18-42-19-15-33)41-35-25-50(21-17-37(35)46-27-48-41)39-13-11-29(2)23-44-39/h5-15,18-19,22-23,26-27,30-31H,16-17,20-21,24-25H2,1-4H3. The number of hydrogen-bond donors (Lipinski definition) is 0. The largest absolute Gasteiger partial charge is 0.352 e. The van der Waals surface area contributed by atoms with Crippen molar-refractivity contribution >= 4 is 23.3 Å². The van der Waals surface area contributed by atoms with Crippen molar-refractivity contribution in [2.24, 2.45) is 0 Å². The third-order valence-electron chi connectivity index (χ3n) is 10.3. The van der Waals surface area contributed by atoms with Gasteiger partial charge in [0.15, 0.2) is 11.6 Å². The highest BCUT2D eigenvalue weighted by molar-refractivity contribution is 5.64. The van der Waals surface area contributed by atoms with E-state index in [9.17, 15) is 0 Å². The molecule has 1 aromatic carbocycles. The van der Waals surface area contributed by atoms with Crippen molar-refractivity contribution in [3.05, 3.63) is 149 Å². The number of benzene rings is 1. The first-order chi connectivity index (χ1) is 25.4. The van der Waals surface area contributed by atoms with Crippen LogP contribution >= 0.6 is 0 Å². The Bertz CT molecular complexity index is 1970. The third-order valence-corrected chi connectivity index (χ3v) is 10.3. The zero-order valence-electron chi connectivity index (χ0n) is 30.1. The number of hydrazine groups is 1. The Labute approximate surface area is 305 Å². The van der Waals surface area contributed by atoms with Crippen LogP contribution in [0, 0.1) is 13.8 Å². The number of rotatable bonds is 9. The average Bonchev–Trinajstić information content (AvgIpc) is 3.20. The van der Waals surface area contributed by atoms with Crippen molar-refractivity contribution in [3.63, 3.8) is 0 Å². The van der Waals surface area contributed by atoms with Gasteiger partial charge in [-0.25, -0.2) is 29.9 Å². The van der Waals surface area contributed by atoms with Crippen molar-refractivity contribution in [1.82, 2.24) is 34.9 Å². The zero-order valence-corrected chi connectivity index (χ0v) is 30.1. The van der Waals surface area contributed by atoms with Crippen molar-refractivity contribution in [2.45, 2.75) is 65.7 Å². The zero-order chi connectivity index (χ0) is 35.6. The van der Waals surface area contributed by atoms with Gasteiger partial charge in [-0.2, -0.15) is 0 Å². The van der Waals surface area contributed by atoms with Gasteiger partial charge in [-0.1, -0.05) is 42.5 Å². The highest BCUT2D eigenvalue weighted by Crippen LogP contribution is 2.41. The molecule has 7 heterocycles. The van der Waals surface area contributed by atoms with Crippen LogP contribution in [0.25, 0.3) is 0 Å². The molecule has 0 spiro atoms. The van der Waals surface area contributed by atoms with Gasteiger partial charge in [0.25, 0.3) is 0 Å². The monoisotopic (exact) mass is 689 g/mol. The van der Waals surface area contributed by atoms with Crippen LogP contribution in [0.1, 0.15) is 70.7 Å². The molecule has 2 aliphatic rings. The van der Waals surface area contributed by atoms with Gasteiger partial charge in [-0.15, -0.1) is 0 Å². The maximum atomic E-state index is 5.14. The number of aromatic nitrogens is 7. The normalized spacial score (nSPS) is 15.0. The SMILES string of the molecule is Cc1ccc(N2CCc3ncnc(N(C(C)c4ccccc4)N(c4ncnc5c4CN(c4ccc(C)cn4)CC5)C(C)c4ccncc4)c3C2)nc1. The van der Waals surface area contributed by atoms with Gasteiger partial charge in [0.05, 0.1) is 23.5 Å². The molecule has 0 fully saturated rings. The Kier molecular flexibility index (Phi) is 9.15. The van der Waals surface area contributed by atoms with Crippen LogP contribution in [0.4, 0.5) is 23.3 Å². The van der Waals surface area contributed by atoms with E-state index in [2.05, 4.69) is 119 Å². The fourth-order valence-electron chi connectivity index (χ4n) is 7.33. The molecule has 0 saturated carbocycles. The maximum absolute atomic E-state index is 5.14. The predicted octanol–water partition coefficient (Wildman–Crippen LogP) is 6.94. The van der Waals surface area contributed by atoms with Gasteiger partial charge < -0.3 is 9.80 Å². The van der Waals surface area contributed by atoms with E-state index in [1.807, 2.05) is 24.8 Å². The topological polar surface area (TPSA) is 103 Å². The summed E-state index contributed by atoms with van der Waals surface area (Å²) in [6, 6.07) is 22.9. The lowest BCUT2D eigenvalue weighted by molar-refractivity contribution is 0.540. The number of pyridine rings is 3. The summed E-state index contributed by atoms with van der Waals surface area (Å²) < 4.78 is 0. The number of hydrogen-bond acceptors (Lipinski definition) is 11. The molecule has 0 N–H and O–H groups in total.